The van der Waals surface area contributed by atoms with E-state index in [9.17, 15) is 10.1 Å². The topological polar surface area (TPSA) is 97.8 Å². The molecule has 32 heavy (non-hydrogen) atoms. The van der Waals surface area contributed by atoms with Crippen molar-refractivity contribution in [3.8, 4) is 6.07 Å². The molecule has 172 valence electrons. The van der Waals surface area contributed by atoms with Crippen LogP contribution in [0.25, 0.3) is 0 Å². The van der Waals surface area contributed by atoms with Gasteiger partial charge in [-0.1, -0.05) is 31.0 Å². The third-order valence-corrected chi connectivity index (χ3v) is 7.66. The maximum absolute atomic E-state index is 12.9. The van der Waals surface area contributed by atoms with Gasteiger partial charge in [-0.25, -0.2) is 0 Å². The quantitative estimate of drug-likeness (QED) is 0.624. The van der Waals surface area contributed by atoms with Gasteiger partial charge in [0.15, 0.2) is 5.16 Å². The zero-order chi connectivity index (χ0) is 22.7. The Balaban J connectivity index is 1.47. The van der Waals surface area contributed by atoms with Gasteiger partial charge in [-0.3, -0.25) is 4.79 Å². The fraction of sp³-hybridized carbons (Fsp3) is 0.652. The molecule has 0 bridgehead atoms. The second-order valence-corrected chi connectivity index (χ2v) is 9.76. The van der Waals surface area contributed by atoms with E-state index in [-0.39, 0.29) is 17.8 Å². The van der Waals surface area contributed by atoms with E-state index in [1.54, 1.807) is 0 Å². The Labute approximate surface area is 193 Å². The zero-order valence-corrected chi connectivity index (χ0v) is 20.0. The number of carbonyl (C=O) groups excluding carboxylic acids is 1. The van der Waals surface area contributed by atoms with Gasteiger partial charge in [0.05, 0.1) is 24.0 Å². The lowest BCUT2D eigenvalue weighted by Crippen LogP contribution is -2.22. The number of ether oxygens (including phenoxy) is 1. The van der Waals surface area contributed by atoms with E-state index >= 15 is 0 Å². The zero-order valence-electron chi connectivity index (χ0n) is 19.2. The van der Waals surface area contributed by atoms with Crippen LogP contribution in [0, 0.1) is 32.1 Å². The first kappa shape index (κ1) is 22.9. The second kappa shape index (κ2) is 10.1. The number of nitrogens with zero attached hydrogens (tertiary/aromatic N) is 5. The van der Waals surface area contributed by atoms with E-state index in [2.05, 4.69) is 26.2 Å². The summed E-state index contributed by atoms with van der Waals surface area (Å²) in [6.45, 7) is 7.32. The van der Waals surface area contributed by atoms with Crippen LogP contribution in [0.1, 0.15) is 73.6 Å². The summed E-state index contributed by atoms with van der Waals surface area (Å²) in [7, 11) is 0. The van der Waals surface area contributed by atoms with Crippen molar-refractivity contribution in [3.63, 3.8) is 0 Å². The summed E-state index contributed by atoms with van der Waals surface area (Å²) in [5.74, 6) is 1.56. The molecule has 1 N–H and O–H groups in total. The molecule has 0 spiro atoms. The maximum Gasteiger partial charge on any atom is 0.235 e. The molecule has 2 aromatic heterocycles. The average molecular weight is 457 g/mol. The van der Waals surface area contributed by atoms with Crippen molar-refractivity contribution in [2.24, 2.45) is 0 Å². The Bertz CT molecular complexity index is 1010. The van der Waals surface area contributed by atoms with Crippen LogP contribution in [0.5, 0.6) is 0 Å². The van der Waals surface area contributed by atoms with Gasteiger partial charge in [-0.15, -0.1) is 10.2 Å². The minimum atomic E-state index is -0.145. The molecular formula is C23H32N6O2S. The van der Waals surface area contributed by atoms with Crippen molar-refractivity contribution in [1.29, 1.82) is 5.26 Å². The molecule has 1 saturated carbocycles. The number of aryl methyl sites for hydroxylation is 1. The monoisotopic (exact) mass is 456 g/mol. The van der Waals surface area contributed by atoms with Gasteiger partial charge in [0.1, 0.15) is 17.7 Å². The van der Waals surface area contributed by atoms with E-state index in [0.717, 1.165) is 54.5 Å². The average Bonchev–Trinajstić information content (AvgIpc) is 3.49. The molecule has 2 aliphatic rings. The number of thioether (sulfide) groups is 1. The molecule has 2 fully saturated rings. The molecule has 1 aliphatic heterocycles. The smallest absolute Gasteiger partial charge is 0.235 e. The number of nitriles is 1. The van der Waals surface area contributed by atoms with Crippen molar-refractivity contribution in [2.75, 3.05) is 17.7 Å². The van der Waals surface area contributed by atoms with E-state index in [1.807, 2.05) is 25.3 Å². The maximum atomic E-state index is 12.9. The third kappa shape index (κ3) is 4.71. The molecule has 0 unspecified atom stereocenters. The normalized spacial score (nSPS) is 19.2. The van der Waals surface area contributed by atoms with E-state index < -0.39 is 0 Å². The third-order valence-electron chi connectivity index (χ3n) is 6.72. The van der Waals surface area contributed by atoms with Crippen molar-refractivity contribution >= 4 is 23.5 Å². The number of nitrogens with one attached hydrogen (secondary N) is 1. The number of anilines is 1. The number of aromatic nitrogens is 4. The molecule has 1 amide bonds. The molecule has 9 heteroatoms. The standard InChI is InChI=1S/C23H32N6O2S/c1-15-16(2)28(13-19-10-7-11-31-19)22(20(15)12-24)25-21(30)14-32-23-27-26-17(3)29(23)18-8-5-4-6-9-18/h18-19H,4-11,13-14H2,1-3H3,(H,25,30)/t19-/m1/s1. The van der Waals surface area contributed by atoms with Gasteiger partial charge in [0.2, 0.25) is 5.91 Å². The van der Waals surface area contributed by atoms with Crippen LogP contribution in [0.3, 0.4) is 0 Å². The predicted molar refractivity (Wildman–Crippen MR) is 124 cm³/mol. The largest absolute Gasteiger partial charge is 0.376 e. The highest BCUT2D eigenvalue weighted by Gasteiger charge is 2.25. The van der Waals surface area contributed by atoms with Gasteiger partial charge < -0.3 is 19.2 Å². The number of hydrogen-bond donors (Lipinski definition) is 1. The summed E-state index contributed by atoms with van der Waals surface area (Å²) in [6.07, 6.45) is 8.18. The minimum absolute atomic E-state index is 0.120. The summed E-state index contributed by atoms with van der Waals surface area (Å²) in [4.78, 5) is 12.9. The van der Waals surface area contributed by atoms with Gasteiger partial charge in [-0.2, -0.15) is 5.26 Å². The minimum Gasteiger partial charge on any atom is -0.376 e. The summed E-state index contributed by atoms with van der Waals surface area (Å²) in [5.41, 5.74) is 2.42. The van der Waals surface area contributed by atoms with Crippen LogP contribution in [0.2, 0.25) is 0 Å². The molecule has 0 aromatic carbocycles. The van der Waals surface area contributed by atoms with Crippen LogP contribution >= 0.6 is 11.8 Å². The fourth-order valence-electron chi connectivity index (χ4n) is 4.86. The Morgan fingerprint density at radius 2 is 1.97 bits per heavy atom. The van der Waals surface area contributed by atoms with Crippen LogP contribution in [-0.4, -0.2) is 43.7 Å². The molecule has 8 nitrogen and oxygen atoms in total. The number of carbonyl (C=O) groups is 1. The van der Waals surface area contributed by atoms with Gasteiger partial charge in [0.25, 0.3) is 0 Å². The summed E-state index contributed by atoms with van der Waals surface area (Å²) in [6, 6.07) is 2.69. The molecule has 3 heterocycles. The Hall–Kier alpha value is -2.31. The number of amides is 1. The lowest BCUT2D eigenvalue weighted by Gasteiger charge is -2.24. The van der Waals surface area contributed by atoms with Gasteiger partial charge in [-0.05, 0) is 52.0 Å². The second-order valence-electron chi connectivity index (χ2n) is 8.82. The van der Waals surface area contributed by atoms with Gasteiger partial charge >= 0.3 is 0 Å². The van der Waals surface area contributed by atoms with E-state index in [0.29, 0.717) is 24.0 Å². The highest BCUT2D eigenvalue weighted by atomic mass is 32.2. The molecule has 4 rings (SSSR count). The first-order valence-electron chi connectivity index (χ1n) is 11.5. The lowest BCUT2D eigenvalue weighted by atomic mass is 9.95. The van der Waals surface area contributed by atoms with E-state index in [1.165, 1.54) is 31.0 Å². The Morgan fingerprint density at radius 1 is 1.19 bits per heavy atom. The Morgan fingerprint density at radius 3 is 2.66 bits per heavy atom. The van der Waals surface area contributed by atoms with Crippen LogP contribution in [-0.2, 0) is 16.1 Å². The number of hydrogen-bond acceptors (Lipinski definition) is 6. The first-order chi connectivity index (χ1) is 15.5. The highest BCUT2D eigenvalue weighted by molar-refractivity contribution is 7.99. The molecule has 1 atom stereocenters. The van der Waals surface area contributed by atoms with Crippen molar-refractivity contribution in [3.05, 3.63) is 22.6 Å². The summed E-state index contributed by atoms with van der Waals surface area (Å²) >= 11 is 1.41. The molecule has 2 aromatic rings. The summed E-state index contributed by atoms with van der Waals surface area (Å²) in [5, 5.41) is 22.1. The fourth-order valence-corrected chi connectivity index (χ4v) is 5.71. The van der Waals surface area contributed by atoms with E-state index in [4.69, 9.17) is 4.74 Å². The van der Waals surface area contributed by atoms with Crippen LogP contribution in [0.15, 0.2) is 5.16 Å². The summed E-state index contributed by atoms with van der Waals surface area (Å²) < 4.78 is 10.0. The van der Waals surface area contributed by atoms with Crippen LogP contribution in [0.4, 0.5) is 5.82 Å². The highest BCUT2D eigenvalue weighted by Crippen LogP contribution is 2.33. The molecular weight excluding hydrogens is 424 g/mol. The van der Waals surface area contributed by atoms with Crippen molar-refractivity contribution in [2.45, 2.75) is 89.6 Å². The number of rotatable bonds is 7. The van der Waals surface area contributed by atoms with Crippen molar-refractivity contribution in [1.82, 2.24) is 19.3 Å². The molecule has 1 aliphatic carbocycles. The van der Waals surface area contributed by atoms with Gasteiger partial charge in [0, 0.05) is 18.3 Å². The van der Waals surface area contributed by atoms with Crippen LogP contribution < -0.4 is 5.32 Å². The first-order valence-corrected chi connectivity index (χ1v) is 12.5. The SMILES string of the molecule is Cc1c(C#N)c(NC(=O)CSc2nnc(C)n2C2CCCCC2)n(C[C@H]2CCCO2)c1C. The lowest BCUT2D eigenvalue weighted by molar-refractivity contribution is -0.113. The predicted octanol–water partition coefficient (Wildman–Crippen LogP) is 4.29. The molecule has 1 saturated heterocycles. The van der Waals surface area contributed by atoms with Crippen molar-refractivity contribution < 1.29 is 9.53 Å². The molecule has 0 radical (unpaired) electrons. The Kier molecular flexibility index (Phi) is 7.21.